The minimum atomic E-state index is -0.937. The molecule has 4 atom stereocenters. The normalized spacial score (nSPS) is 18.1. The molecule has 0 saturated carbocycles. The van der Waals surface area contributed by atoms with Gasteiger partial charge in [-0.05, 0) is 60.7 Å². The number of ether oxygens (including phenoxy) is 2. The molecular weight excluding hydrogens is 633 g/mol. The van der Waals surface area contributed by atoms with Gasteiger partial charge in [-0.2, -0.15) is 0 Å². The van der Waals surface area contributed by atoms with Crippen molar-refractivity contribution in [3.63, 3.8) is 0 Å². The maximum Gasteiger partial charge on any atom is 0.407 e. The molecule has 1 fully saturated rings. The first-order valence-electron chi connectivity index (χ1n) is 16.7. The van der Waals surface area contributed by atoms with Gasteiger partial charge in [0, 0.05) is 46.4 Å². The Hall–Kier alpha value is -4.70. The molecule has 4 aromatic carbocycles. The Balaban J connectivity index is 1.14. The number of alkyl carbamates (subject to hydrolysis) is 1. The summed E-state index contributed by atoms with van der Waals surface area (Å²) in [5, 5.41) is 10.8. The highest BCUT2D eigenvalue weighted by molar-refractivity contribution is 7.99. The fourth-order valence-electron chi connectivity index (χ4n) is 6.36. The van der Waals surface area contributed by atoms with Gasteiger partial charge in [0.2, 0.25) is 5.91 Å². The van der Waals surface area contributed by atoms with Crippen LogP contribution >= 0.6 is 11.8 Å². The second-order valence-corrected chi connectivity index (χ2v) is 13.3. The van der Waals surface area contributed by atoms with Crippen LogP contribution in [0.15, 0.2) is 126 Å². The summed E-state index contributed by atoms with van der Waals surface area (Å²) in [7, 11) is 1.30. The van der Waals surface area contributed by atoms with E-state index in [1.807, 2.05) is 103 Å². The van der Waals surface area contributed by atoms with Crippen molar-refractivity contribution in [1.82, 2.24) is 15.6 Å². The van der Waals surface area contributed by atoms with Crippen LogP contribution in [0, 0.1) is 0 Å². The molecule has 1 aliphatic rings. The first-order valence-corrected chi connectivity index (χ1v) is 17.7. The average Bonchev–Trinajstić information content (AvgIpc) is 3.15. The molecule has 49 heavy (non-hydrogen) atoms. The summed E-state index contributed by atoms with van der Waals surface area (Å²) in [5.41, 5.74) is 4.51. The van der Waals surface area contributed by atoms with Crippen molar-refractivity contribution in [2.75, 3.05) is 24.7 Å². The van der Waals surface area contributed by atoms with Crippen molar-refractivity contribution < 1.29 is 19.1 Å². The number of methoxy groups -OCH3 is 1. The predicted octanol–water partition coefficient (Wildman–Crippen LogP) is 7.20. The summed E-state index contributed by atoms with van der Waals surface area (Å²) >= 11 is 1.80. The van der Waals surface area contributed by atoms with Gasteiger partial charge in [0.15, 0.2) is 0 Å². The second-order valence-electron chi connectivity index (χ2n) is 12.2. The number of pyridine rings is 1. The minimum Gasteiger partial charge on any atom is -0.453 e. The molecule has 6 rings (SSSR count). The standard InChI is InChI=1S/C40H42N4O4S/c1-27-35(26-49-36-21-11-20-34-32(36)18-12-24-41-34)48-31(25-42-27)23-22-28-13-9-10-19-33(28)43-39(45)38(44-40(46)47-2)37(29-14-5-3-6-15-29)30-16-7-4-8-17-30/h3-21,24,27,31,35,37-38,42H,22-23,25-26H2,1-2H3,(H,43,45)(H,44,46). The average molecular weight is 675 g/mol. The summed E-state index contributed by atoms with van der Waals surface area (Å²) in [4.78, 5) is 32.4. The lowest BCUT2D eigenvalue weighted by Crippen LogP contribution is -2.52. The number of anilines is 1. The first kappa shape index (κ1) is 34.2. The highest BCUT2D eigenvalue weighted by atomic mass is 32.2. The molecule has 2 amide bonds. The number of rotatable bonds is 12. The van der Waals surface area contributed by atoms with Crippen LogP contribution in [0.4, 0.5) is 10.5 Å². The molecule has 1 aromatic heterocycles. The fraction of sp³-hybridized carbons (Fsp3) is 0.275. The number of aromatic nitrogens is 1. The van der Waals surface area contributed by atoms with Crippen LogP contribution < -0.4 is 16.0 Å². The number of hydrogen-bond acceptors (Lipinski definition) is 7. The molecule has 1 aliphatic heterocycles. The van der Waals surface area contributed by atoms with Crippen LogP contribution in [-0.2, 0) is 20.7 Å². The van der Waals surface area contributed by atoms with Crippen LogP contribution in [0.3, 0.4) is 0 Å². The van der Waals surface area contributed by atoms with E-state index >= 15 is 0 Å². The lowest BCUT2D eigenvalue weighted by molar-refractivity contribution is -0.118. The Kier molecular flexibility index (Phi) is 11.6. The van der Waals surface area contributed by atoms with Crippen molar-refractivity contribution in [1.29, 1.82) is 0 Å². The molecule has 0 spiro atoms. The van der Waals surface area contributed by atoms with E-state index in [0.717, 1.165) is 46.3 Å². The van der Waals surface area contributed by atoms with Crippen molar-refractivity contribution in [3.8, 4) is 0 Å². The number of benzene rings is 4. The molecule has 9 heteroatoms. The van der Waals surface area contributed by atoms with E-state index in [1.54, 1.807) is 11.8 Å². The number of carbonyl (C=O) groups excluding carboxylic acids is 2. The zero-order valence-corrected chi connectivity index (χ0v) is 28.6. The molecule has 8 nitrogen and oxygen atoms in total. The number of thioether (sulfide) groups is 1. The second kappa shape index (κ2) is 16.6. The largest absolute Gasteiger partial charge is 0.453 e. The molecule has 5 aromatic rings. The van der Waals surface area contributed by atoms with Gasteiger partial charge in [0.25, 0.3) is 0 Å². The SMILES string of the molecule is COC(=O)NC(C(=O)Nc1ccccc1CCC1CNC(C)C(CSc2cccc3ncccc23)O1)C(c1ccccc1)c1ccccc1. The van der Waals surface area contributed by atoms with Gasteiger partial charge in [-0.1, -0.05) is 91.0 Å². The maximum atomic E-state index is 14.1. The molecule has 0 bridgehead atoms. The quantitative estimate of drug-likeness (QED) is 0.120. The van der Waals surface area contributed by atoms with Gasteiger partial charge in [0.1, 0.15) is 6.04 Å². The highest BCUT2D eigenvalue weighted by Crippen LogP contribution is 2.31. The number of nitrogens with zero attached hydrogens (tertiary/aromatic N) is 1. The topological polar surface area (TPSA) is 102 Å². The van der Waals surface area contributed by atoms with E-state index in [1.165, 1.54) is 12.0 Å². The minimum absolute atomic E-state index is 0.0222. The van der Waals surface area contributed by atoms with Gasteiger partial charge >= 0.3 is 6.09 Å². The van der Waals surface area contributed by atoms with E-state index < -0.39 is 18.1 Å². The van der Waals surface area contributed by atoms with Crippen molar-refractivity contribution in [2.24, 2.45) is 0 Å². The van der Waals surface area contributed by atoms with E-state index in [4.69, 9.17) is 9.47 Å². The predicted molar refractivity (Wildman–Crippen MR) is 196 cm³/mol. The van der Waals surface area contributed by atoms with Crippen LogP contribution in [0.5, 0.6) is 0 Å². The maximum absolute atomic E-state index is 14.1. The van der Waals surface area contributed by atoms with Crippen LogP contribution in [0.1, 0.15) is 36.0 Å². The van der Waals surface area contributed by atoms with Gasteiger partial charge in [-0.3, -0.25) is 9.78 Å². The van der Waals surface area contributed by atoms with Crippen LogP contribution in [0.2, 0.25) is 0 Å². The van der Waals surface area contributed by atoms with Crippen molar-refractivity contribution >= 4 is 40.4 Å². The number of amides is 2. The molecule has 1 saturated heterocycles. The smallest absolute Gasteiger partial charge is 0.407 e. The number of para-hydroxylation sites is 1. The lowest BCUT2D eigenvalue weighted by Gasteiger charge is -2.36. The Labute approximate surface area is 292 Å². The Morgan fingerprint density at radius 1 is 0.918 bits per heavy atom. The lowest BCUT2D eigenvalue weighted by atomic mass is 9.84. The van der Waals surface area contributed by atoms with Gasteiger partial charge in [-0.15, -0.1) is 11.8 Å². The monoisotopic (exact) mass is 674 g/mol. The Morgan fingerprint density at radius 3 is 2.37 bits per heavy atom. The highest BCUT2D eigenvalue weighted by Gasteiger charge is 2.33. The number of aryl methyl sites for hydroxylation is 1. The molecule has 4 unspecified atom stereocenters. The first-order chi connectivity index (χ1) is 24.0. The number of fused-ring (bicyclic) bond motifs is 1. The van der Waals surface area contributed by atoms with Gasteiger partial charge in [-0.25, -0.2) is 4.79 Å². The molecule has 252 valence electrons. The molecule has 2 heterocycles. The third kappa shape index (κ3) is 8.67. The third-order valence-electron chi connectivity index (χ3n) is 9.00. The van der Waals surface area contributed by atoms with Crippen LogP contribution in [0.25, 0.3) is 10.9 Å². The summed E-state index contributed by atoms with van der Waals surface area (Å²) in [6.45, 7) is 2.93. The van der Waals surface area contributed by atoms with E-state index in [0.29, 0.717) is 12.1 Å². The number of morpholine rings is 1. The number of carbonyl (C=O) groups is 2. The summed E-state index contributed by atoms with van der Waals surface area (Å²) in [5.74, 6) is 0.0437. The zero-order valence-electron chi connectivity index (χ0n) is 27.8. The van der Waals surface area contributed by atoms with E-state index in [2.05, 4.69) is 46.1 Å². The Morgan fingerprint density at radius 2 is 1.63 bits per heavy atom. The summed E-state index contributed by atoms with van der Waals surface area (Å²) < 4.78 is 11.6. The van der Waals surface area contributed by atoms with Gasteiger partial charge in [0.05, 0.1) is 24.8 Å². The fourth-order valence-corrected chi connectivity index (χ4v) is 7.57. The van der Waals surface area contributed by atoms with Crippen molar-refractivity contribution in [3.05, 3.63) is 138 Å². The number of nitrogens with one attached hydrogen (secondary N) is 3. The third-order valence-corrected chi connectivity index (χ3v) is 10.2. The van der Waals surface area contributed by atoms with E-state index in [-0.39, 0.29) is 24.2 Å². The van der Waals surface area contributed by atoms with Gasteiger partial charge < -0.3 is 25.4 Å². The molecular formula is C40H42N4O4S. The van der Waals surface area contributed by atoms with E-state index in [9.17, 15) is 9.59 Å². The Bertz CT molecular complexity index is 1800. The number of hydrogen-bond donors (Lipinski definition) is 3. The zero-order chi connectivity index (χ0) is 34.0. The summed E-state index contributed by atoms with van der Waals surface area (Å²) in [6, 6.07) is 36.9. The van der Waals surface area contributed by atoms with Crippen molar-refractivity contribution in [2.45, 2.75) is 54.9 Å². The molecule has 3 N–H and O–H groups in total. The van der Waals surface area contributed by atoms with Crippen LogP contribution in [-0.4, -0.2) is 60.7 Å². The molecule has 0 aliphatic carbocycles. The summed E-state index contributed by atoms with van der Waals surface area (Å²) in [6.07, 6.45) is 2.71. The molecule has 0 radical (unpaired) electrons.